The molecule has 0 bridgehead atoms. The minimum Gasteiger partial charge on any atom is -0.497 e. The Hall–Kier alpha value is -1.52. The maximum Gasteiger partial charge on any atom is 0.133 e. The van der Waals surface area contributed by atoms with Crippen LogP contribution in [0.15, 0.2) is 24.4 Å². The molecule has 112 valence electrons. The van der Waals surface area contributed by atoms with Gasteiger partial charge in [0, 0.05) is 6.04 Å². The van der Waals surface area contributed by atoms with Crippen LogP contribution in [0.5, 0.6) is 5.75 Å². The van der Waals surface area contributed by atoms with Crippen molar-refractivity contribution in [3.8, 4) is 5.75 Å². The van der Waals surface area contributed by atoms with Crippen molar-refractivity contribution in [2.24, 2.45) is 0 Å². The molecule has 21 heavy (non-hydrogen) atoms. The molecule has 2 aromatic rings. The lowest BCUT2D eigenvalue weighted by atomic mass is 9.91. The fourth-order valence-corrected chi connectivity index (χ4v) is 3.39. The van der Waals surface area contributed by atoms with Gasteiger partial charge in [0.05, 0.1) is 24.0 Å². The molecule has 5 heteroatoms. The topological polar surface area (TPSA) is 47.3 Å². The second-order valence-corrected chi connectivity index (χ2v) is 6.17. The lowest BCUT2D eigenvalue weighted by molar-refractivity contribution is 0.0713. The van der Waals surface area contributed by atoms with E-state index in [2.05, 4.69) is 5.10 Å². The lowest BCUT2D eigenvalue weighted by Gasteiger charge is -2.27. The van der Waals surface area contributed by atoms with Crippen molar-refractivity contribution >= 4 is 11.6 Å². The Balaban J connectivity index is 2.19. The van der Waals surface area contributed by atoms with Gasteiger partial charge in [0.2, 0.25) is 0 Å². The average molecular weight is 307 g/mol. The monoisotopic (exact) mass is 306 g/mol. The molecular formula is C16H19ClN2O2. The summed E-state index contributed by atoms with van der Waals surface area (Å²) in [4.78, 5) is 0. The normalized spacial score (nSPS) is 20.9. The van der Waals surface area contributed by atoms with Crippen molar-refractivity contribution in [2.75, 3.05) is 7.11 Å². The van der Waals surface area contributed by atoms with E-state index in [1.165, 1.54) is 0 Å². The number of aromatic nitrogens is 2. The van der Waals surface area contributed by atoms with Gasteiger partial charge in [-0.25, -0.2) is 0 Å². The van der Waals surface area contributed by atoms with Gasteiger partial charge in [-0.15, -0.1) is 0 Å². The number of hydrogen-bond acceptors (Lipinski definition) is 3. The molecule has 0 amide bonds. The Morgan fingerprint density at radius 2 is 2.19 bits per heavy atom. The highest BCUT2D eigenvalue weighted by atomic mass is 35.5. The molecule has 0 fully saturated rings. The molecule has 1 N–H and O–H groups in total. The number of benzene rings is 1. The molecule has 0 saturated carbocycles. The lowest BCUT2D eigenvalue weighted by Crippen LogP contribution is -2.29. The highest BCUT2D eigenvalue weighted by Gasteiger charge is 2.43. The molecule has 1 unspecified atom stereocenters. The second-order valence-electron chi connectivity index (χ2n) is 5.76. The van der Waals surface area contributed by atoms with Crippen molar-refractivity contribution in [1.82, 2.24) is 9.78 Å². The Kier molecular flexibility index (Phi) is 3.46. The Bertz CT molecular complexity index is 681. The first kappa shape index (κ1) is 14.4. The highest BCUT2D eigenvalue weighted by Crippen LogP contribution is 2.46. The standard InChI is InChI=1S/C16H19ClN2O2/c1-10(2)19-15(14(17)9-18-19)16(20)7-6-11-4-5-12(21-3)8-13(11)16/h4-5,8-10,20H,6-7H2,1-3H3. The average Bonchev–Trinajstić information content (AvgIpc) is 3.01. The first-order valence-electron chi connectivity index (χ1n) is 7.10. The van der Waals surface area contributed by atoms with E-state index in [1.54, 1.807) is 18.0 Å². The van der Waals surface area contributed by atoms with Crippen LogP contribution in [0.4, 0.5) is 0 Å². The molecular weight excluding hydrogens is 288 g/mol. The van der Waals surface area contributed by atoms with Gasteiger partial charge in [0.25, 0.3) is 0 Å². The summed E-state index contributed by atoms with van der Waals surface area (Å²) in [7, 11) is 1.63. The van der Waals surface area contributed by atoms with Crippen LogP contribution in [0.3, 0.4) is 0 Å². The summed E-state index contributed by atoms with van der Waals surface area (Å²) in [5.74, 6) is 0.737. The summed E-state index contributed by atoms with van der Waals surface area (Å²) in [6, 6.07) is 5.96. The molecule has 1 aromatic heterocycles. The predicted octanol–water partition coefficient (Wildman–Crippen LogP) is 3.31. The van der Waals surface area contributed by atoms with E-state index in [1.807, 2.05) is 32.0 Å². The quantitative estimate of drug-likeness (QED) is 0.946. The fourth-order valence-electron chi connectivity index (χ4n) is 3.10. The van der Waals surface area contributed by atoms with E-state index < -0.39 is 5.60 Å². The molecule has 0 saturated heterocycles. The van der Waals surface area contributed by atoms with Crippen molar-refractivity contribution in [3.63, 3.8) is 0 Å². The summed E-state index contributed by atoms with van der Waals surface area (Å²) in [5, 5.41) is 16.1. The first-order valence-corrected chi connectivity index (χ1v) is 7.48. The van der Waals surface area contributed by atoms with Crippen LogP contribution in [-0.2, 0) is 12.0 Å². The van der Waals surface area contributed by atoms with Crippen molar-refractivity contribution in [2.45, 2.75) is 38.3 Å². The molecule has 1 aliphatic rings. The van der Waals surface area contributed by atoms with E-state index in [0.717, 1.165) is 23.3 Å². The number of aliphatic hydroxyl groups is 1. The first-order chi connectivity index (χ1) is 9.97. The Labute approximate surface area is 129 Å². The smallest absolute Gasteiger partial charge is 0.133 e. The molecule has 3 rings (SSSR count). The van der Waals surface area contributed by atoms with E-state index in [4.69, 9.17) is 16.3 Å². The highest BCUT2D eigenvalue weighted by molar-refractivity contribution is 6.31. The summed E-state index contributed by atoms with van der Waals surface area (Å²) in [5.41, 5.74) is 1.56. The maximum absolute atomic E-state index is 11.3. The van der Waals surface area contributed by atoms with Crippen LogP contribution in [0.1, 0.15) is 43.1 Å². The van der Waals surface area contributed by atoms with Gasteiger partial charge in [0.15, 0.2) is 0 Å². The zero-order valence-corrected chi connectivity index (χ0v) is 13.2. The van der Waals surface area contributed by atoms with Crippen molar-refractivity contribution in [1.29, 1.82) is 0 Å². The number of fused-ring (bicyclic) bond motifs is 1. The zero-order valence-electron chi connectivity index (χ0n) is 12.4. The Morgan fingerprint density at radius 1 is 1.43 bits per heavy atom. The number of methoxy groups -OCH3 is 1. The SMILES string of the molecule is COc1ccc2c(c1)C(O)(c1c(Cl)cnn1C(C)C)CC2. The van der Waals surface area contributed by atoms with Gasteiger partial charge in [-0.1, -0.05) is 17.7 Å². The van der Waals surface area contributed by atoms with Gasteiger partial charge in [0.1, 0.15) is 11.4 Å². The number of halogens is 1. The van der Waals surface area contributed by atoms with Gasteiger partial charge >= 0.3 is 0 Å². The zero-order chi connectivity index (χ0) is 15.2. The van der Waals surface area contributed by atoms with E-state index >= 15 is 0 Å². The fraction of sp³-hybridized carbons (Fsp3) is 0.438. The third kappa shape index (κ3) is 2.14. The van der Waals surface area contributed by atoms with Crippen LogP contribution in [0.25, 0.3) is 0 Å². The largest absolute Gasteiger partial charge is 0.497 e. The third-order valence-electron chi connectivity index (χ3n) is 4.15. The number of aryl methyl sites for hydroxylation is 1. The maximum atomic E-state index is 11.3. The van der Waals surface area contributed by atoms with Crippen LogP contribution in [0, 0.1) is 0 Å². The predicted molar refractivity (Wildman–Crippen MR) is 81.9 cm³/mol. The number of nitrogens with zero attached hydrogens (tertiary/aromatic N) is 2. The Morgan fingerprint density at radius 3 is 2.86 bits per heavy atom. The van der Waals surface area contributed by atoms with Crippen LogP contribution >= 0.6 is 11.6 Å². The second kappa shape index (κ2) is 5.04. The molecule has 0 radical (unpaired) electrons. The molecule has 1 heterocycles. The summed E-state index contributed by atoms with van der Waals surface area (Å²) in [6.07, 6.45) is 3.02. The van der Waals surface area contributed by atoms with Crippen molar-refractivity contribution < 1.29 is 9.84 Å². The van der Waals surface area contributed by atoms with Crippen LogP contribution < -0.4 is 4.74 Å². The number of hydrogen-bond donors (Lipinski definition) is 1. The van der Waals surface area contributed by atoms with Gasteiger partial charge in [-0.2, -0.15) is 5.10 Å². The minimum atomic E-state index is -1.11. The van der Waals surface area contributed by atoms with E-state index in [0.29, 0.717) is 17.1 Å². The van der Waals surface area contributed by atoms with E-state index in [-0.39, 0.29) is 6.04 Å². The molecule has 1 atom stereocenters. The third-order valence-corrected chi connectivity index (χ3v) is 4.43. The van der Waals surface area contributed by atoms with Crippen LogP contribution in [0.2, 0.25) is 5.02 Å². The van der Waals surface area contributed by atoms with Gasteiger partial charge in [-0.05, 0) is 49.9 Å². The minimum absolute atomic E-state index is 0.131. The van der Waals surface area contributed by atoms with Crippen LogP contribution in [-0.4, -0.2) is 22.0 Å². The number of ether oxygens (including phenoxy) is 1. The summed E-state index contributed by atoms with van der Waals surface area (Å²) >= 11 is 6.32. The molecule has 0 aliphatic heterocycles. The number of rotatable bonds is 3. The van der Waals surface area contributed by atoms with Gasteiger partial charge in [-0.3, -0.25) is 4.68 Å². The summed E-state index contributed by atoms with van der Waals surface area (Å²) < 4.78 is 7.09. The van der Waals surface area contributed by atoms with Crippen molar-refractivity contribution in [3.05, 3.63) is 46.2 Å². The molecule has 4 nitrogen and oxygen atoms in total. The van der Waals surface area contributed by atoms with Gasteiger partial charge < -0.3 is 9.84 Å². The molecule has 0 spiro atoms. The molecule has 1 aromatic carbocycles. The molecule has 1 aliphatic carbocycles. The summed E-state index contributed by atoms with van der Waals surface area (Å²) in [6.45, 7) is 4.05. The van der Waals surface area contributed by atoms with E-state index in [9.17, 15) is 5.11 Å².